The molecule has 1 aliphatic heterocycles. The van der Waals surface area contributed by atoms with Gasteiger partial charge in [-0.3, -0.25) is 0 Å². The maximum Gasteiger partial charge on any atom is 0.101 e. The van der Waals surface area contributed by atoms with Crippen LogP contribution in [-0.2, 0) is 0 Å². The maximum atomic E-state index is 5.59. The first-order chi connectivity index (χ1) is 3.30. The van der Waals surface area contributed by atoms with E-state index in [1.807, 2.05) is 11.9 Å². The molecule has 0 bridgehead atoms. The van der Waals surface area contributed by atoms with Crippen molar-refractivity contribution in [3.8, 4) is 0 Å². The minimum Gasteiger partial charge on any atom is -0.365 e. The fourth-order valence-electron chi connectivity index (χ4n) is 0.453. The number of hydrogen-bond donors (Lipinski definition) is 0. The molecule has 0 aromatic carbocycles. The Balaban J connectivity index is 2.54. The smallest absolute Gasteiger partial charge is 0.101 e. The van der Waals surface area contributed by atoms with Gasteiger partial charge in [-0.15, -0.1) is 0 Å². The van der Waals surface area contributed by atoms with Crippen molar-refractivity contribution in [3.63, 3.8) is 0 Å². The Morgan fingerprint density at radius 1 is 2.00 bits per heavy atom. The van der Waals surface area contributed by atoms with E-state index < -0.39 is 0 Å². The SMILES string of the molecule is CN1C[C]C=C1Cl. The highest BCUT2D eigenvalue weighted by Crippen LogP contribution is 2.13. The van der Waals surface area contributed by atoms with Crippen molar-refractivity contribution in [2.24, 2.45) is 0 Å². The second kappa shape index (κ2) is 1.74. The third-order valence-electron chi connectivity index (χ3n) is 0.914. The Labute approximate surface area is 48.6 Å². The van der Waals surface area contributed by atoms with Gasteiger partial charge in [-0.1, -0.05) is 11.6 Å². The van der Waals surface area contributed by atoms with Crippen molar-refractivity contribution in [1.82, 2.24) is 4.90 Å². The van der Waals surface area contributed by atoms with Crippen LogP contribution in [0.15, 0.2) is 11.2 Å². The molecule has 0 N–H and O–H groups in total. The number of nitrogens with zero attached hydrogens (tertiary/aromatic N) is 1. The standard InChI is InChI=1S/C5H6ClN/c1-7-4-2-3-5(7)6/h3H,4H2,1H3. The number of rotatable bonds is 0. The Morgan fingerprint density at radius 3 is 2.86 bits per heavy atom. The Morgan fingerprint density at radius 2 is 2.71 bits per heavy atom. The molecule has 1 aliphatic rings. The molecule has 0 aromatic heterocycles. The topological polar surface area (TPSA) is 3.24 Å². The van der Waals surface area contributed by atoms with Gasteiger partial charge >= 0.3 is 0 Å². The summed E-state index contributed by atoms with van der Waals surface area (Å²) in [5.41, 5.74) is 0. The minimum absolute atomic E-state index is 0.778. The second-order valence-electron chi connectivity index (χ2n) is 1.53. The molecule has 1 rings (SSSR count). The summed E-state index contributed by atoms with van der Waals surface area (Å²) in [5.74, 6) is 0. The van der Waals surface area contributed by atoms with E-state index in [0.29, 0.717) is 0 Å². The molecule has 0 aromatic rings. The molecule has 0 spiro atoms. The number of hydrogen-bond acceptors (Lipinski definition) is 1. The van der Waals surface area contributed by atoms with Crippen molar-refractivity contribution in [3.05, 3.63) is 17.7 Å². The van der Waals surface area contributed by atoms with E-state index in [1.165, 1.54) is 0 Å². The van der Waals surface area contributed by atoms with Gasteiger partial charge in [-0.05, 0) is 6.08 Å². The average molecular weight is 116 g/mol. The molecule has 38 valence electrons. The Kier molecular flexibility index (Phi) is 1.24. The maximum absolute atomic E-state index is 5.59. The number of halogens is 1. The quantitative estimate of drug-likeness (QED) is 0.428. The first kappa shape index (κ1) is 4.98. The zero-order chi connectivity index (χ0) is 5.28. The molecule has 7 heavy (non-hydrogen) atoms. The van der Waals surface area contributed by atoms with Crippen LogP contribution in [0.2, 0.25) is 0 Å². The van der Waals surface area contributed by atoms with Crippen molar-refractivity contribution in [2.45, 2.75) is 0 Å². The van der Waals surface area contributed by atoms with Crippen molar-refractivity contribution in [2.75, 3.05) is 13.6 Å². The zero-order valence-corrected chi connectivity index (χ0v) is 4.87. The lowest BCUT2D eigenvalue weighted by atomic mass is 10.5. The van der Waals surface area contributed by atoms with Crippen LogP contribution in [-0.4, -0.2) is 18.5 Å². The predicted octanol–water partition coefficient (Wildman–Crippen LogP) is 1.09. The highest BCUT2D eigenvalue weighted by molar-refractivity contribution is 6.29. The van der Waals surface area contributed by atoms with Crippen LogP contribution in [0.3, 0.4) is 0 Å². The largest absolute Gasteiger partial charge is 0.365 e. The van der Waals surface area contributed by atoms with Crippen LogP contribution < -0.4 is 0 Å². The summed E-state index contributed by atoms with van der Waals surface area (Å²) in [5, 5.41) is 0.778. The van der Waals surface area contributed by atoms with Gasteiger partial charge in [0.25, 0.3) is 0 Å². The normalized spacial score (nSPS) is 20.3. The van der Waals surface area contributed by atoms with Gasteiger partial charge in [-0.2, -0.15) is 0 Å². The molecular formula is C5H6ClN. The molecule has 0 saturated carbocycles. The molecule has 0 atom stereocenters. The monoisotopic (exact) mass is 115 g/mol. The van der Waals surface area contributed by atoms with E-state index in [-0.39, 0.29) is 0 Å². The Bertz CT molecular complexity index is 98.3. The summed E-state index contributed by atoms with van der Waals surface area (Å²) in [6.45, 7) is 0.832. The molecular weight excluding hydrogens is 110 g/mol. The molecule has 0 fully saturated rings. The predicted molar refractivity (Wildman–Crippen MR) is 29.8 cm³/mol. The van der Waals surface area contributed by atoms with Gasteiger partial charge in [0.15, 0.2) is 0 Å². The fourth-order valence-corrected chi connectivity index (χ4v) is 0.589. The van der Waals surface area contributed by atoms with Gasteiger partial charge in [0.2, 0.25) is 0 Å². The molecule has 2 heteroatoms. The third-order valence-corrected chi connectivity index (χ3v) is 1.31. The van der Waals surface area contributed by atoms with Crippen LogP contribution >= 0.6 is 11.6 Å². The van der Waals surface area contributed by atoms with Crippen LogP contribution in [0.5, 0.6) is 0 Å². The summed E-state index contributed by atoms with van der Waals surface area (Å²) in [7, 11) is 1.93. The Hall–Kier alpha value is -0.170. The van der Waals surface area contributed by atoms with Crippen LogP contribution in [0, 0.1) is 6.42 Å². The van der Waals surface area contributed by atoms with E-state index in [4.69, 9.17) is 11.6 Å². The highest BCUT2D eigenvalue weighted by atomic mass is 35.5. The lowest BCUT2D eigenvalue weighted by molar-refractivity contribution is 0.507. The summed E-state index contributed by atoms with van der Waals surface area (Å²) in [6, 6.07) is 0. The molecule has 1 nitrogen and oxygen atoms in total. The van der Waals surface area contributed by atoms with E-state index in [1.54, 1.807) is 6.08 Å². The first-order valence-electron chi connectivity index (χ1n) is 2.11. The van der Waals surface area contributed by atoms with Crippen LogP contribution in [0.1, 0.15) is 0 Å². The average Bonchev–Trinajstić information content (AvgIpc) is 1.91. The minimum atomic E-state index is 0.778. The summed E-state index contributed by atoms with van der Waals surface area (Å²) < 4.78 is 0. The van der Waals surface area contributed by atoms with Gasteiger partial charge < -0.3 is 4.90 Å². The molecule has 2 radical (unpaired) electrons. The van der Waals surface area contributed by atoms with Crippen molar-refractivity contribution in [1.29, 1.82) is 0 Å². The molecule has 1 heterocycles. The van der Waals surface area contributed by atoms with Crippen molar-refractivity contribution >= 4 is 11.6 Å². The third kappa shape index (κ3) is 0.885. The first-order valence-corrected chi connectivity index (χ1v) is 2.48. The fraction of sp³-hybridized carbons (Fsp3) is 0.400. The molecule has 0 aliphatic carbocycles. The molecule has 0 amide bonds. The van der Waals surface area contributed by atoms with E-state index in [2.05, 4.69) is 6.42 Å². The van der Waals surface area contributed by atoms with Gasteiger partial charge in [0.1, 0.15) is 5.16 Å². The highest BCUT2D eigenvalue weighted by Gasteiger charge is 2.05. The van der Waals surface area contributed by atoms with E-state index >= 15 is 0 Å². The summed E-state index contributed by atoms with van der Waals surface area (Å²) in [4.78, 5) is 1.92. The summed E-state index contributed by atoms with van der Waals surface area (Å²) >= 11 is 5.59. The summed E-state index contributed by atoms with van der Waals surface area (Å²) in [6.07, 6.45) is 4.73. The van der Waals surface area contributed by atoms with Crippen LogP contribution in [0.4, 0.5) is 0 Å². The van der Waals surface area contributed by atoms with Gasteiger partial charge in [-0.25, -0.2) is 0 Å². The van der Waals surface area contributed by atoms with Crippen molar-refractivity contribution < 1.29 is 0 Å². The lowest BCUT2D eigenvalue weighted by Crippen LogP contribution is -2.09. The lowest BCUT2D eigenvalue weighted by Gasteiger charge is -2.07. The van der Waals surface area contributed by atoms with Gasteiger partial charge in [0, 0.05) is 20.0 Å². The van der Waals surface area contributed by atoms with Crippen LogP contribution in [0.25, 0.3) is 0 Å². The van der Waals surface area contributed by atoms with E-state index in [0.717, 1.165) is 11.7 Å². The van der Waals surface area contributed by atoms with Gasteiger partial charge in [0.05, 0.1) is 0 Å². The molecule has 0 unspecified atom stereocenters. The molecule has 0 saturated heterocycles. The van der Waals surface area contributed by atoms with E-state index in [9.17, 15) is 0 Å². The second-order valence-corrected chi connectivity index (χ2v) is 1.91. The zero-order valence-electron chi connectivity index (χ0n) is 4.11.